The summed E-state index contributed by atoms with van der Waals surface area (Å²) >= 11 is 1.17. The third-order valence-corrected chi connectivity index (χ3v) is 6.63. The van der Waals surface area contributed by atoms with Crippen molar-refractivity contribution in [1.82, 2.24) is 25.5 Å². The number of nitrogens with one attached hydrogen (secondary N) is 2. The molecule has 0 radical (unpaired) electrons. The second-order valence-corrected chi connectivity index (χ2v) is 8.56. The fourth-order valence-corrected chi connectivity index (χ4v) is 5.04. The van der Waals surface area contributed by atoms with Gasteiger partial charge in [0.05, 0.1) is 27.0 Å². The number of benzene rings is 1. The van der Waals surface area contributed by atoms with Gasteiger partial charge in [-0.25, -0.2) is 9.97 Å². The lowest BCUT2D eigenvalue weighted by atomic mass is 9.90. The Hall–Kier alpha value is -2.98. The van der Waals surface area contributed by atoms with E-state index in [9.17, 15) is 13.2 Å². The third kappa shape index (κ3) is 3.66. The Morgan fingerprint density at radius 1 is 1.13 bits per heavy atom. The van der Waals surface area contributed by atoms with E-state index in [1.807, 2.05) is 12.3 Å². The molecule has 6 nitrogen and oxygen atoms in total. The van der Waals surface area contributed by atoms with Crippen molar-refractivity contribution >= 4 is 27.4 Å². The Bertz CT molecular complexity index is 1240. The number of thiazole rings is 1. The highest BCUT2D eigenvalue weighted by molar-refractivity contribution is 7.21. The van der Waals surface area contributed by atoms with Crippen molar-refractivity contribution in [1.29, 1.82) is 0 Å². The van der Waals surface area contributed by atoms with E-state index in [4.69, 9.17) is 5.73 Å². The minimum Gasteiger partial charge on any atom is -0.383 e. The molecule has 1 aliphatic heterocycles. The van der Waals surface area contributed by atoms with Crippen molar-refractivity contribution in [2.75, 3.05) is 18.8 Å². The lowest BCUT2D eigenvalue weighted by Crippen LogP contribution is -2.27. The number of alkyl halides is 3. The molecule has 0 spiro atoms. The molecule has 1 aromatic carbocycles. The normalized spacial score (nSPS) is 15.6. The highest BCUT2D eigenvalue weighted by Gasteiger charge is 2.34. The summed E-state index contributed by atoms with van der Waals surface area (Å²) in [5.41, 5.74) is 8.51. The molecular formula is C21H19F3N6S. The maximum atomic E-state index is 13.4. The molecule has 1 saturated heterocycles. The minimum absolute atomic E-state index is 0.0708. The van der Waals surface area contributed by atoms with Gasteiger partial charge < -0.3 is 11.1 Å². The van der Waals surface area contributed by atoms with Crippen molar-refractivity contribution in [3.8, 4) is 21.7 Å². The van der Waals surface area contributed by atoms with E-state index >= 15 is 0 Å². The Labute approximate surface area is 179 Å². The van der Waals surface area contributed by atoms with Crippen LogP contribution in [0.5, 0.6) is 0 Å². The first kappa shape index (κ1) is 20.0. The summed E-state index contributed by atoms with van der Waals surface area (Å²) in [5.74, 6) is 0.559. The molecule has 1 fully saturated rings. The number of hydrogen-bond acceptors (Lipinski definition) is 6. The van der Waals surface area contributed by atoms with Crippen LogP contribution in [-0.2, 0) is 6.18 Å². The molecule has 0 saturated carbocycles. The van der Waals surface area contributed by atoms with Crippen LogP contribution in [0.4, 0.5) is 19.0 Å². The zero-order chi connectivity index (χ0) is 21.6. The molecular weight excluding hydrogens is 425 g/mol. The number of piperidine rings is 1. The Morgan fingerprint density at radius 3 is 2.71 bits per heavy atom. The smallest absolute Gasteiger partial charge is 0.383 e. The van der Waals surface area contributed by atoms with Gasteiger partial charge in [0.1, 0.15) is 10.8 Å². The fraction of sp³-hybridized carbons (Fsp3) is 0.286. The number of anilines is 1. The molecule has 0 amide bonds. The summed E-state index contributed by atoms with van der Waals surface area (Å²) in [4.78, 5) is 8.60. The molecule has 4 N–H and O–H groups in total. The molecule has 4 aromatic rings. The van der Waals surface area contributed by atoms with E-state index in [1.165, 1.54) is 17.4 Å². The van der Waals surface area contributed by atoms with E-state index in [2.05, 4.69) is 25.5 Å². The van der Waals surface area contributed by atoms with Crippen LogP contribution in [-0.4, -0.2) is 33.3 Å². The van der Waals surface area contributed by atoms with Gasteiger partial charge in [-0.05, 0) is 44.1 Å². The molecule has 0 bridgehead atoms. The number of para-hydroxylation sites is 1. The number of nitrogens with two attached hydrogens (primary N) is 1. The SMILES string of the molecule is Nc1ncc(-c2c[nH]nc2C2CCNCC2)cc1-c1nc2c(C(F)(F)F)cccc2s1. The van der Waals surface area contributed by atoms with Gasteiger partial charge in [0.25, 0.3) is 0 Å². The topological polar surface area (TPSA) is 92.5 Å². The van der Waals surface area contributed by atoms with Crippen LogP contribution < -0.4 is 11.1 Å². The first-order chi connectivity index (χ1) is 14.9. The molecule has 0 atom stereocenters. The van der Waals surface area contributed by atoms with Crippen molar-refractivity contribution in [2.24, 2.45) is 0 Å². The van der Waals surface area contributed by atoms with Gasteiger partial charge in [-0.2, -0.15) is 18.3 Å². The van der Waals surface area contributed by atoms with Crippen LogP contribution >= 0.6 is 11.3 Å². The lowest BCUT2D eigenvalue weighted by molar-refractivity contribution is -0.136. The first-order valence-electron chi connectivity index (χ1n) is 9.89. The van der Waals surface area contributed by atoms with Gasteiger partial charge >= 0.3 is 6.18 Å². The quantitative estimate of drug-likeness (QED) is 0.422. The second-order valence-electron chi connectivity index (χ2n) is 7.53. The van der Waals surface area contributed by atoms with Gasteiger partial charge in [-0.1, -0.05) is 6.07 Å². The van der Waals surface area contributed by atoms with Crippen LogP contribution in [0.3, 0.4) is 0 Å². The Morgan fingerprint density at radius 2 is 1.94 bits per heavy atom. The number of halogens is 3. The minimum atomic E-state index is -4.48. The summed E-state index contributed by atoms with van der Waals surface area (Å²) in [5, 5.41) is 11.2. The number of nitrogens with zero attached hydrogens (tertiary/aromatic N) is 3. The van der Waals surface area contributed by atoms with Gasteiger partial charge in [0.2, 0.25) is 0 Å². The van der Waals surface area contributed by atoms with E-state index in [1.54, 1.807) is 12.3 Å². The summed E-state index contributed by atoms with van der Waals surface area (Å²) < 4.78 is 40.6. The largest absolute Gasteiger partial charge is 0.418 e. The fourth-order valence-electron chi connectivity index (χ4n) is 4.02. The van der Waals surface area contributed by atoms with Gasteiger partial charge in [-0.15, -0.1) is 11.3 Å². The van der Waals surface area contributed by atoms with E-state index in [-0.39, 0.29) is 11.3 Å². The average Bonchev–Trinajstić information content (AvgIpc) is 3.41. The zero-order valence-electron chi connectivity index (χ0n) is 16.3. The van der Waals surface area contributed by atoms with Crippen LogP contribution in [0, 0.1) is 0 Å². The molecule has 160 valence electrons. The first-order valence-corrected chi connectivity index (χ1v) is 10.7. The van der Waals surface area contributed by atoms with Crippen LogP contribution in [0.25, 0.3) is 31.9 Å². The molecule has 10 heteroatoms. The van der Waals surface area contributed by atoms with E-state index in [0.717, 1.165) is 48.8 Å². The Balaban J connectivity index is 1.59. The second kappa shape index (κ2) is 7.61. The third-order valence-electron chi connectivity index (χ3n) is 5.58. The zero-order valence-corrected chi connectivity index (χ0v) is 17.1. The van der Waals surface area contributed by atoms with Gasteiger partial charge in [-0.3, -0.25) is 5.10 Å². The summed E-state index contributed by atoms with van der Waals surface area (Å²) in [6.45, 7) is 1.88. The summed E-state index contributed by atoms with van der Waals surface area (Å²) in [6, 6.07) is 5.90. The monoisotopic (exact) mass is 444 g/mol. The van der Waals surface area contributed by atoms with Gasteiger partial charge in [0.15, 0.2) is 0 Å². The van der Waals surface area contributed by atoms with Gasteiger partial charge in [0, 0.05) is 29.4 Å². The highest BCUT2D eigenvalue weighted by Crippen LogP contribution is 2.41. The number of fused-ring (bicyclic) bond motifs is 1. The number of nitrogen functional groups attached to an aromatic ring is 1. The van der Waals surface area contributed by atoms with Crippen molar-refractivity contribution < 1.29 is 13.2 Å². The van der Waals surface area contributed by atoms with E-state index in [0.29, 0.717) is 21.2 Å². The summed E-state index contributed by atoms with van der Waals surface area (Å²) in [7, 11) is 0. The standard InChI is InChI=1S/C21H19F3N6S/c22-21(23,24)15-2-1-3-16-18(15)29-20(31-16)13-8-12(9-27-19(13)25)14-10-28-30-17(14)11-4-6-26-7-5-11/h1-3,8-11,26H,4-7H2,(H2,25,27)(H,28,30). The number of aromatic amines is 1. The predicted molar refractivity (Wildman–Crippen MR) is 115 cm³/mol. The number of hydrogen-bond donors (Lipinski definition) is 3. The van der Waals surface area contributed by atoms with Crippen molar-refractivity contribution in [2.45, 2.75) is 24.9 Å². The molecule has 1 aliphatic rings. The van der Waals surface area contributed by atoms with Crippen molar-refractivity contribution in [3.63, 3.8) is 0 Å². The number of pyridine rings is 1. The lowest BCUT2D eigenvalue weighted by Gasteiger charge is -2.22. The maximum Gasteiger partial charge on any atom is 0.418 e. The Kier molecular flexibility index (Phi) is 4.90. The van der Waals surface area contributed by atoms with Crippen molar-refractivity contribution in [3.05, 3.63) is 47.9 Å². The maximum absolute atomic E-state index is 13.4. The molecule has 0 aliphatic carbocycles. The average molecular weight is 444 g/mol. The van der Waals surface area contributed by atoms with Crippen LogP contribution in [0.15, 0.2) is 36.7 Å². The number of H-pyrrole nitrogens is 1. The van der Waals surface area contributed by atoms with E-state index < -0.39 is 11.7 Å². The molecule has 5 rings (SSSR count). The number of rotatable bonds is 3. The molecule has 0 unspecified atom stereocenters. The highest BCUT2D eigenvalue weighted by atomic mass is 32.1. The molecule has 3 aromatic heterocycles. The van der Waals surface area contributed by atoms with Crippen LogP contribution in [0.1, 0.15) is 30.0 Å². The predicted octanol–water partition coefficient (Wildman–Crippen LogP) is 4.82. The molecule has 4 heterocycles. The number of aromatic nitrogens is 4. The summed E-state index contributed by atoms with van der Waals surface area (Å²) in [6.07, 6.45) is 1.00. The molecule has 31 heavy (non-hydrogen) atoms. The van der Waals surface area contributed by atoms with Crippen LogP contribution in [0.2, 0.25) is 0 Å².